The highest BCUT2D eigenvalue weighted by Gasteiger charge is 2.71. The Morgan fingerprint density at radius 2 is 1.79 bits per heavy atom. The quantitative estimate of drug-likeness (QED) is 0.365. The van der Waals surface area contributed by atoms with Crippen LogP contribution >= 0.6 is 23.2 Å². The van der Waals surface area contributed by atoms with Crippen LogP contribution in [0.2, 0.25) is 10.0 Å². The van der Waals surface area contributed by atoms with E-state index in [4.69, 9.17) is 32.8 Å². The van der Waals surface area contributed by atoms with E-state index in [-0.39, 0.29) is 16.5 Å². The van der Waals surface area contributed by atoms with E-state index in [1.807, 2.05) is 25.1 Å². The SMILES string of the molecule is COc1ccc(C)cc1NC(=O)C12CCC(C)(/C(=N\OC(=O)c3ccc(Cl)cc3Cl)C1)C2(C)C. The molecule has 2 fully saturated rings. The molecule has 2 atom stereocenters. The molecule has 0 aliphatic heterocycles. The molecule has 2 aliphatic carbocycles. The average Bonchev–Trinajstić information content (AvgIpc) is 3.08. The van der Waals surface area contributed by atoms with Crippen LogP contribution in [0.5, 0.6) is 5.75 Å². The molecule has 0 saturated heterocycles. The van der Waals surface area contributed by atoms with E-state index in [2.05, 4.69) is 31.2 Å². The summed E-state index contributed by atoms with van der Waals surface area (Å²) in [6.45, 7) is 8.23. The van der Waals surface area contributed by atoms with Crippen molar-refractivity contribution in [3.8, 4) is 5.75 Å². The fourth-order valence-electron chi connectivity index (χ4n) is 5.48. The van der Waals surface area contributed by atoms with Crippen LogP contribution in [0.15, 0.2) is 41.6 Å². The van der Waals surface area contributed by atoms with Crippen LogP contribution in [-0.2, 0) is 9.63 Å². The van der Waals surface area contributed by atoms with Gasteiger partial charge >= 0.3 is 5.97 Å². The first-order valence-electron chi connectivity index (χ1n) is 11.1. The number of carbonyl (C=O) groups excluding carboxylic acids is 2. The van der Waals surface area contributed by atoms with Crippen LogP contribution in [0.25, 0.3) is 0 Å². The highest BCUT2D eigenvalue weighted by atomic mass is 35.5. The second-order valence-corrected chi connectivity index (χ2v) is 10.8. The summed E-state index contributed by atoms with van der Waals surface area (Å²) in [5.74, 6) is -0.140. The molecule has 2 saturated carbocycles. The standard InChI is InChI=1S/C26H28Cl2N2O4/c1-15-6-9-20(33-5)19(12-15)29-23(32)26-11-10-25(4,24(26,2)3)21(14-26)30-34-22(31)17-8-7-16(27)13-18(17)28/h6-9,12-13H,10-11,14H2,1-5H3,(H,29,32)/b30-21-. The fourth-order valence-corrected chi connectivity index (χ4v) is 5.97. The predicted octanol–water partition coefficient (Wildman–Crippen LogP) is 6.68. The first-order chi connectivity index (χ1) is 15.9. The monoisotopic (exact) mass is 502 g/mol. The summed E-state index contributed by atoms with van der Waals surface area (Å²) in [5, 5.41) is 7.99. The van der Waals surface area contributed by atoms with Gasteiger partial charge < -0.3 is 14.9 Å². The minimum Gasteiger partial charge on any atom is -0.495 e. The van der Waals surface area contributed by atoms with Crippen molar-refractivity contribution >= 4 is 46.5 Å². The summed E-state index contributed by atoms with van der Waals surface area (Å²) in [6, 6.07) is 10.2. The lowest BCUT2D eigenvalue weighted by Crippen LogP contribution is -2.43. The number of ether oxygens (including phenoxy) is 1. The van der Waals surface area contributed by atoms with E-state index in [0.717, 1.165) is 12.0 Å². The molecule has 0 radical (unpaired) electrons. The van der Waals surface area contributed by atoms with Crippen LogP contribution in [0.1, 0.15) is 56.0 Å². The lowest BCUT2D eigenvalue weighted by atomic mass is 9.64. The number of amides is 1. The van der Waals surface area contributed by atoms with Crippen molar-refractivity contribution in [2.45, 2.75) is 47.0 Å². The van der Waals surface area contributed by atoms with Crippen LogP contribution in [0.4, 0.5) is 5.69 Å². The van der Waals surface area contributed by atoms with E-state index < -0.39 is 22.2 Å². The average molecular weight is 503 g/mol. The molecule has 2 aliphatic rings. The maximum absolute atomic E-state index is 13.8. The second-order valence-electron chi connectivity index (χ2n) is 9.91. The maximum atomic E-state index is 13.8. The molecule has 0 heterocycles. The van der Waals surface area contributed by atoms with Crippen molar-refractivity contribution in [3.63, 3.8) is 0 Å². The largest absolute Gasteiger partial charge is 0.495 e. The Bertz CT molecular complexity index is 1210. The molecule has 180 valence electrons. The Morgan fingerprint density at radius 3 is 2.47 bits per heavy atom. The summed E-state index contributed by atoms with van der Waals surface area (Å²) in [6.07, 6.45) is 1.88. The lowest BCUT2D eigenvalue weighted by Gasteiger charge is -2.39. The first-order valence-corrected chi connectivity index (χ1v) is 11.9. The molecule has 2 unspecified atom stereocenters. The number of aryl methyl sites for hydroxylation is 1. The Hall–Kier alpha value is -2.57. The van der Waals surface area contributed by atoms with Gasteiger partial charge in [-0.2, -0.15) is 0 Å². The molecule has 1 N–H and O–H groups in total. The number of rotatable bonds is 5. The fraction of sp³-hybridized carbons (Fsp3) is 0.423. The third-order valence-corrected chi connectivity index (χ3v) is 8.71. The first kappa shape index (κ1) is 24.6. The van der Waals surface area contributed by atoms with Crippen LogP contribution < -0.4 is 10.1 Å². The zero-order chi connectivity index (χ0) is 24.9. The van der Waals surface area contributed by atoms with Gasteiger partial charge in [0.25, 0.3) is 0 Å². The van der Waals surface area contributed by atoms with Gasteiger partial charge in [-0.15, -0.1) is 0 Å². The van der Waals surface area contributed by atoms with Gasteiger partial charge in [-0.1, -0.05) is 55.2 Å². The summed E-state index contributed by atoms with van der Waals surface area (Å²) >= 11 is 12.1. The molecule has 0 aromatic heterocycles. The molecule has 6 nitrogen and oxygen atoms in total. The number of anilines is 1. The van der Waals surface area contributed by atoms with Gasteiger partial charge in [0.15, 0.2) is 0 Å². The summed E-state index contributed by atoms with van der Waals surface area (Å²) in [7, 11) is 1.58. The molecule has 2 bridgehead atoms. The van der Waals surface area contributed by atoms with Crippen molar-refractivity contribution in [3.05, 3.63) is 57.6 Å². The molecular weight excluding hydrogens is 475 g/mol. The van der Waals surface area contributed by atoms with E-state index in [0.29, 0.717) is 35.0 Å². The topological polar surface area (TPSA) is 77.0 Å². The molecule has 1 amide bonds. The third-order valence-electron chi connectivity index (χ3n) is 8.16. The van der Waals surface area contributed by atoms with Crippen LogP contribution in [0, 0.1) is 23.2 Å². The van der Waals surface area contributed by atoms with Gasteiger partial charge in [-0.05, 0) is 61.1 Å². The van der Waals surface area contributed by atoms with Gasteiger partial charge in [-0.25, -0.2) is 4.79 Å². The third kappa shape index (κ3) is 3.68. The maximum Gasteiger partial charge on any atom is 0.367 e. The molecule has 8 heteroatoms. The normalized spacial score (nSPS) is 25.9. The molecule has 4 rings (SSSR count). The van der Waals surface area contributed by atoms with Gasteiger partial charge in [0.1, 0.15) is 5.75 Å². The van der Waals surface area contributed by atoms with Gasteiger partial charge in [-0.3, -0.25) is 4.79 Å². The molecular formula is C26H28Cl2N2O4. The summed E-state index contributed by atoms with van der Waals surface area (Å²) < 4.78 is 5.44. The van der Waals surface area contributed by atoms with Gasteiger partial charge in [0.05, 0.1) is 34.5 Å². The Labute approximate surface area is 209 Å². The minimum absolute atomic E-state index is 0.0811. The number of nitrogens with one attached hydrogen (secondary N) is 1. The lowest BCUT2D eigenvalue weighted by molar-refractivity contribution is -0.130. The van der Waals surface area contributed by atoms with E-state index in [1.165, 1.54) is 12.1 Å². The highest BCUT2D eigenvalue weighted by molar-refractivity contribution is 6.36. The van der Waals surface area contributed by atoms with Crippen molar-refractivity contribution < 1.29 is 19.2 Å². The summed E-state index contributed by atoms with van der Waals surface area (Å²) in [5.41, 5.74) is 1.04. The number of hydrogen-bond acceptors (Lipinski definition) is 5. The Balaban J connectivity index is 1.61. The van der Waals surface area contributed by atoms with Gasteiger partial charge in [0.2, 0.25) is 5.91 Å². The summed E-state index contributed by atoms with van der Waals surface area (Å²) in [4.78, 5) is 31.7. The highest BCUT2D eigenvalue weighted by Crippen LogP contribution is 2.71. The van der Waals surface area contributed by atoms with E-state index >= 15 is 0 Å². The number of oxime groups is 1. The van der Waals surface area contributed by atoms with Crippen LogP contribution in [-0.4, -0.2) is 24.7 Å². The smallest absolute Gasteiger partial charge is 0.367 e. The zero-order valence-corrected chi connectivity index (χ0v) is 21.4. The van der Waals surface area contributed by atoms with Crippen LogP contribution in [0.3, 0.4) is 0 Å². The molecule has 2 aromatic rings. The molecule has 0 spiro atoms. The molecule has 2 aromatic carbocycles. The van der Waals surface area contributed by atoms with Crippen molar-refractivity contribution in [1.82, 2.24) is 0 Å². The number of methoxy groups -OCH3 is 1. The Morgan fingerprint density at radius 1 is 1.06 bits per heavy atom. The van der Waals surface area contributed by atoms with Crippen molar-refractivity contribution in [1.29, 1.82) is 0 Å². The van der Waals surface area contributed by atoms with Crippen molar-refractivity contribution in [2.75, 3.05) is 12.4 Å². The number of fused-ring (bicyclic) bond motifs is 2. The number of carbonyl (C=O) groups is 2. The molecule has 34 heavy (non-hydrogen) atoms. The van der Waals surface area contributed by atoms with Gasteiger partial charge in [0, 0.05) is 16.9 Å². The second kappa shape index (κ2) is 8.58. The number of halogens is 2. The van der Waals surface area contributed by atoms with E-state index in [9.17, 15) is 9.59 Å². The Kier molecular flexibility index (Phi) is 6.19. The predicted molar refractivity (Wildman–Crippen MR) is 134 cm³/mol. The number of benzene rings is 2. The van der Waals surface area contributed by atoms with Crippen molar-refractivity contribution in [2.24, 2.45) is 21.4 Å². The number of hydrogen-bond donors (Lipinski definition) is 1. The minimum atomic E-state index is -0.695. The van der Waals surface area contributed by atoms with E-state index in [1.54, 1.807) is 13.2 Å². The zero-order valence-electron chi connectivity index (χ0n) is 19.9. The number of nitrogens with zero attached hydrogens (tertiary/aromatic N) is 1.